The van der Waals surface area contributed by atoms with E-state index >= 15 is 0 Å². The van der Waals surface area contributed by atoms with Gasteiger partial charge in [0.05, 0.1) is 5.92 Å². The molecule has 3 aliphatic carbocycles. The summed E-state index contributed by atoms with van der Waals surface area (Å²) in [7, 11) is 0. The predicted molar refractivity (Wildman–Crippen MR) is 43.6 cm³/mol. The summed E-state index contributed by atoms with van der Waals surface area (Å²) >= 11 is 0. The Morgan fingerprint density at radius 3 is 1.92 bits per heavy atom. The molecule has 1 atom stereocenters. The topological polar surface area (TPSA) is 37.3 Å². The fraction of sp³-hybridized carbons (Fsp3) is 0.900. The van der Waals surface area contributed by atoms with Crippen molar-refractivity contribution in [2.75, 3.05) is 0 Å². The quantitative estimate of drug-likeness (QED) is 0.695. The molecule has 0 unspecified atom stereocenters. The highest BCUT2D eigenvalue weighted by Gasteiger charge is 2.70. The third-order valence-electron chi connectivity index (χ3n) is 4.02. The number of carbonyl (C=O) groups is 1. The van der Waals surface area contributed by atoms with Crippen LogP contribution in [0.3, 0.4) is 0 Å². The van der Waals surface area contributed by atoms with E-state index in [0.717, 1.165) is 18.3 Å². The van der Waals surface area contributed by atoms with Gasteiger partial charge in [0.2, 0.25) is 0 Å². The molecule has 0 heterocycles. The molecule has 2 heteroatoms. The average molecular weight is 166 g/mol. The summed E-state index contributed by atoms with van der Waals surface area (Å²) in [5.74, 6) is 1.10. The molecule has 0 radical (unpaired) electrons. The van der Waals surface area contributed by atoms with E-state index in [1.807, 2.05) is 0 Å². The molecule has 0 bridgehead atoms. The second-order valence-electron chi connectivity index (χ2n) is 4.76. The van der Waals surface area contributed by atoms with E-state index < -0.39 is 5.97 Å². The van der Waals surface area contributed by atoms with Crippen LogP contribution < -0.4 is 0 Å². The average Bonchev–Trinajstić information content (AvgIpc) is 2.86. The highest BCUT2D eigenvalue weighted by Crippen LogP contribution is 2.74. The Morgan fingerprint density at radius 2 is 1.67 bits per heavy atom. The van der Waals surface area contributed by atoms with Crippen molar-refractivity contribution in [2.45, 2.75) is 32.1 Å². The van der Waals surface area contributed by atoms with Crippen molar-refractivity contribution in [3.63, 3.8) is 0 Å². The Morgan fingerprint density at radius 1 is 1.17 bits per heavy atom. The highest BCUT2D eigenvalue weighted by atomic mass is 16.4. The zero-order valence-corrected chi connectivity index (χ0v) is 7.12. The van der Waals surface area contributed by atoms with Crippen molar-refractivity contribution in [1.82, 2.24) is 0 Å². The van der Waals surface area contributed by atoms with E-state index in [-0.39, 0.29) is 5.92 Å². The Labute approximate surface area is 72.0 Å². The van der Waals surface area contributed by atoms with Crippen LogP contribution in [0, 0.1) is 23.2 Å². The van der Waals surface area contributed by atoms with Gasteiger partial charge < -0.3 is 5.11 Å². The molecule has 0 saturated heterocycles. The Hall–Kier alpha value is -0.530. The van der Waals surface area contributed by atoms with Gasteiger partial charge >= 0.3 is 5.97 Å². The maximum atomic E-state index is 10.8. The summed E-state index contributed by atoms with van der Waals surface area (Å²) in [6.45, 7) is 0. The molecule has 2 nitrogen and oxygen atoms in total. The van der Waals surface area contributed by atoms with Gasteiger partial charge in [-0.1, -0.05) is 0 Å². The van der Waals surface area contributed by atoms with Crippen LogP contribution in [0.1, 0.15) is 32.1 Å². The van der Waals surface area contributed by atoms with Crippen LogP contribution in [-0.4, -0.2) is 11.1 Å². The van der Waals surface area contributed by atoms with Crippen LogP contribution in [0.5, 0.6) is 0 Å². The van der Waals surface area contributed by atoms with E-state index in [1.54, 1.807) is 0 Å². The fourth-order valence-corrected chi connectivity index (χ4v) is 3.09. The van der Waals surface area contributed by atoms with Gasteiger partial charge in [-0.25, -0.2) is 0 Å². The molecule has 0 aromatic rings. The number of carboxylic acid groups (broad SMARTS) is 1. The van der Waals surface area contributed by atoms with Crippen molar-refractivity contribution >= 4 is 5.97 Å². The van der Waals surface area contributed by atoms with Gasteiger partial charge in [-0.3, -0.25) is 4.79 Å². The van der Waals surface area contributed by atoms with E-state index in [4.69, 9.17) is 5.11 Å². The first kappa shape index (κ1) is 6.93. The van der Waals surface area contributed by atoms with Crippen LogP contribution >= 0.6 is 0 Å². The van der Waals surface area contributed by atoms with Crippen LogP contribution in [0.25, 0.3) is 0 Å². The fourth-order valence-electron chi connectivity index (χ4n) is 3.09. The summed E-state index contributed by atoms with van der Waals surface area (Å²) < 4.78 is 0. The molecule has 3 saturated carbocycles. The molecular formula is C10H14O2. The predicted octanol–water partition coefficient (Wildman–Crippen LogP) is 1.90. The van der Waals surface area contributed by atoms with Gasteiger partial charge in [0.1, 0.15) is 0 Å². The maximum Gasteiger partial charge on any atom is 0.307 e. The van der Waals surface area contributed by atoms with E-state index in [0.29, 0.717) is 5.41 Å². The van der Waals surface area contributed by atoms with E-state index in [9.17, 15) is 4.79 Å². The zero-order chi connectivity index (χ0) is 8.34. The minimum atomic E-state index is -0.534. The SMILES string of the molecule is O=C(O)[C@@H]1CC1(C1CC1)C1CC1. The van der Waals surface area contributed by atoms with Gasteiger partial charge in [0, 0.05) is 0 Å². The number of carboxylic acids is 1. The Balaban J connectivity index is 1.82. The standard InChI is InChI=1S/C10H14O2/c11-9(12)8-5-10(8,6-1-2-6)7-3-4-7/h6-8H,1-5H2,(H,11,12)/t8-/m0/s1. The Bertz CT molecular complexity index is 226. The largest absolute Gasteiger partial charge is 0.481 e. The molecule has 0 spiro atoms. The lowest BCUT2D eigenvalue weighted by Gasteiger charge is -2.13. The van der Waals surface area contributed by atoms with Crippen LogP contribution in [-0.2, 0) is 4.79 Å². The third-order valence-corrected chi connectivity index (χ3v) is 4.02. The molecule has 3 aliphatic rings. The molecule has 0 aromatic carbocycles. The highest BCUT2D eigenvalue weighted by molar-refractivity contribution is 5.75. The molecule has 12 heavy (non-hydrogen) atoms. The number of hydrogen-bond donors (Lipinski definition) is 1. The smallest absolute Gasteiger partial charge is 0.307 e. The van der Waals surface area contributed by atoms with Crippen molar-refractivity contribution in [3.05, 3.63) is 0 Å². The molecule has 0 aromatic heterocycles. The number of aliphatic carboxylic acids is 1. The van der Waals surface area contributed by atoms with Gasteiger partial charge in [0.25, 0.3) is 0 Å². The molecule has 0 aliphatic heterocycles. The van der Waals surface area contributed by atoms with E-state index in [1.165, 1.54) is 25.7 Å². The Kier molecular flexibility index (Phi) is 1.07. The summed E-state index contributed by atoms with van der Waals surface area (Å²) in [4.78, 5) is 10.8. The first-order valence-corrected chi connectivity index (χ1v) is 4.98. The van der Waals surface area contributed by atoms with Gasteiger partial charge in [-0.05, 0) is 49.4 Å². The van der Waals surface area contributed by atoms with Gasteiger partial charge in [-0.15, -0.1) is 0 Å². The van der Waals surface area contributed by atoms with Crippen molar-refractivity contribution in [2.24, 2.45) is 23.2 Å². The third kappa shape index (κ3) is 0.732. The minimum absolute atomic E-state index is 0.0394. The summed E-state index contributed by atoms with van der Waals surface area (Å²) in [5, 5.41) is 8.94. The van der Waals surface area contributed by atoms with Crippen LogP contribution in [0.4, 0.5) is 0 Å². The molecule has 3 rings (SSSR count). The molecular weight excluding hydrogens is 152 g/mol. The summed E-state index contributed by atoms with van der Waals surface area (Å²) in [6.07, 6.45) is 6.22. The zero-order valence-electron chi connectivity index (χ0n) is 7.12. The lowest BCUT2D eigenvalue weighted by molar-refractivity contribution is -0.139. The lowest BCUT2D eigenvalue weighted by atomic mass is 9.91. The van der Waals surface area contributed by atoms with Crippen LogP contribution in [0.15, 0.2) is 0 Å². The minimum Gasteiger partial charge on any atom is -0.481 e. The molecule has 0 amide bonds. The molecule has 66 valence electrons. The normalized spacial score (nSPS) is 37.8. The second kappa shape index (κ2) is 1.86. The van der Waals surface area contributed by atoms with Gasteiger partial charge in [0.15, 0.2) is 0 Å². The maximum absolute atomic E-state index is 10.8. The van der Waals surface area contributed by atoms with Gasteiger partial charge in [-0.2, -0.15) is 0 Å². The lowest BCUT2D eigenvalue weighted by Crippen LogP contribution is -2.14. The number of hydrogen-bond acceptors (Lipinski definition) is 1. The van der Waals surface area contributed by atoms with Crippen molar-refractivity contribution in [1.29, 1.82) is 0 Å². The van der Waals surface area contributed by atoms with Crippen molar-refractivity contribution < 1.29 is 9.90 Å². The summed E-state index contributed by atoms with van der Waals surface area (Å²) in [6, 6.07) is 0. The monoisotopic (exact) mass is 166 g/mol. The number of rotatable bonds is 3. The first-order valence-electron chi connectivity index (χ1n) is 4.98. The molecule has 3 fully saturated rings. The molecule has 1 N–H and O–H groups in total. The second-order valence-corrected chi connectivity index (χ2v) is 4.76. The van der Waals surface area contributed by atoms with E-state index in [2.05, 4.69) is 0 Å². The summed E-state index contributed by atoms with van der Waals surface area (Å²) in [5.41, 5.74) is 0.311. The van der Waals surface area contributed by atoms with Crippen molar-refractivity contribution in [3.8, 4) is 0 Å². The first-order chi connectivity index (χ1) is 5.75. The van der Waals surface area contributed by atoms with Crippen LogP contribution in [0.2, 0.25) is 0 Å².